The summed E-state index contributed by atoms with van der Waals surface area (Å²) in [6.07, 6.45) is 3.64. The quantitative estimate of drug-likeness (QED) is 0.666. The predicted molar refractivity (Wildman–Crippen MR) is 112 cm³/mol. The SMILES string of the molecule is CCOc1ccc(-c2noc(CN3C(=O)N(CC)C(=O)C4CCCCC43)n2)cc1OC. The molecule has 31 heavy (non-hydrogen) atoms. The Hall–Kier alpha value is -3.10. The molecule has 1 aliphatic heterocycles. The lowest BCUT2D eigenvalue weighted by Gasteiger charge is -2.46. The van der Waals surface area contributed by atoms with E-state index in [0.717, 1.165) is 31.2 Å². The van der Waals surface area contributed by atoms with E-state index < -0.39 is 0 Å². The second-order valence-electron chi connectivity index (χ2n) is 7.76. The molecule has 0 radical (unpaired) electrons. The summed E-state index contributed by atoms with van der Waals surface area (Å²) < 4.78 is 16.4. The van der Waals surface area contributed by atoms with Crippen molar-refractivity contribution in [3.8, 4) is 22.9 Å². The highest BCUT2D eigenvalue weighted by Gasteiger charge is 2.46. The maximum Gasteiger partial charge on any atom is 0.327 e. The summed E-state index contributed by atoms with van der Waals surface area (Å²) in [7, 11) is 1.58. The number of urea groups is 1. The second-order valence-corrected chi connectivity index (χ2v) is 7.76. The molecule has 2 aromatic rings. The van der Waals surface area contributed by atoms with E-state index in [1.54, 1.807) is 24.1 Å². The molecular formula is C22H28N4O5. The molecule has 4 rings (SSSR count). The van der Waals surface area contributed by atoms with Gasteiger partial charge in [0.2, 0.25) is 17.6 Å². The Morgan fingerprint density at radius 1 is 1.16 bits per heavy atom. The van der Waals surface area contributed by atoms with Crippen molar-refractivity contribution in [2.24, 2.45) is 5.92 Å². The van der Waals surface area contributed by atoms with E-state index in [4.69, 9.17) is 14.0 Å². The maximum atomic E-state index is 13.0. The zero-order chi connectivity index (χ0) is 22.0. The molecule has 1 saturated heterocycles. The summed E-state index contributed by atoms with van der Waals surface area (Å²) in [4.78, 5) is 33.3. The van der Waals surface area contributed by atoms with Crippen LogP contribution in [0.5, 0.6) is 11.5 Å². The minimum Gasteiger partial charge on any atom is -0.493 e. The van der Waals surface area contributed by atoms with E-state index in [1.807, 2.05) is 19.9 Å². The van der Waals surface area contributed by atoms with Crippen LogP contribution in [-0.2, 0) is 11.3 Å². The van der Waals surface area contributed by atoms with Gasteiger partial charge in [-0.25, -0.2) is 4.79 Å². The van der Waals surface area contributed by atoms with Crippen LogP contribution in [0.2, 0.25) is 0 Å². The minimum absolute atomic E-state index is 0.0545. The third-order valence-corrected chi connectivity index (χ3v) is 6.00. The number of hydrogen-bond donors (Lipinski definition) is 0. The first-order chi connectivity index (χ1) is 15.1. The van der Waals surface area contributed by atoms with Crippen LogP contribution in [-0.4, -0.2) is 58.2 Å². The van der Waals surface area contributed by atoms with Crippen LogP contribution in [0.4, 0.5) is 4.79 Å². The number of methoxy groups -OCH3 is 1. The van der Waals surface area contributed by atoms with E-state index in [0.29, 0.717) is 36.4 Å². The first-order valence-electron chi connectivity index (χ1n) is 10.8. The van der Waals surface area contributed by atoms with Crippen LogP contribution in [0.1, 0.15) is 45.4 Å². The summed E-state index contributed by atoms with van der Waals surface area (Å²) in [6, 6.07) is 5.04. The normalized spacial score (nSPS) is 21.3. The smallest absolute Gasteiger partial charge is 0.327 e. The van der Waals surface area contributed by atoms with Gasteiger partial charge in [0.15, 0.2) is 11.5 Å². The Labute approximate surface area is 181 Å². The Kier molecular flexibility index (Phi) is 6.11. The number of hydrogen-bond acceptors (Lipinski definition) is 7. The molecule has 0 N–H and O–H groups in total. The summed E-state index contributed by atoms with van der Waals surface area (Å²) in [5.74, 6) is 1.77. The van der Waals surface area contributed by atoms with Crippen molar-refractivity contribution in [3.05, 3.63) is 24.1 Å². The molecule has 1 saturated carbocycles. The van der Waals surface area contributed by atoms with Gasteiger partial charge in [0.1, 0.15) is 6.54 Å². The Morgan fingerprint density at radius 3 is 2.71 bits per heavy atom. The largest absolute Gasteiger partial charge is 0.493 e. The van der Waals surface area contributed by atoms with Crippen molar-refractivity contribution in [1.29, 1.82) is 0 Å². The highest BCUT2D eigenvalue weighted by Crippen LogP contribution is 2.36. The standard InChI is InChI=1S/C22H28N4O5/c1-4-25-21(27)15-8-6-7-9-16(15)26(22(25)28)13-19-23-20(24-31-19)14-10-11-17(30-5-2)18(12-14)29-3/h10-12,15-16H,4-9,13H2,1-3H3. The van der Waals surface area contributed by atoms with Gasteiger partial charge >= 0.3 is 6.03 Å². The molecule has 2 atom stereocenters. The third kappa shape index (κ3) is 3.96. The molecule has 2 unspecified atom stereocenters. The van der Waals surface area contributed by atoms with Gasteiger partial charge in [-0.1, -0.05) is 18.0 Å². The van der Waals surface area contributed by atoms with Crippen LogP contribution in [0.15, 0.2) is 22.7 Å². The predicted octanol–water partition coefficient (Wildman–Crippen LogP) is 3.49. The molecule has 1 aromatic heterocycles. The van der Waals surface area contributed by atoms with Crippen molar-refractivity contribution < 1.29 is 23.6 Å². The minimum atomic E-state index is -0.280. The first kappa shape index (κ1) is 21.1. The number of nitrogens with zero attached hydrogens (tertiary/aromatic N) is 4. The summed E-state index contributed by atoms with van der Waals surface area (Å²) in [6.45, 7) is 4.81. The fourth-order valence-corrected chi connectivity index (χ4v) is 4.50. The number of ether oxygens (including phenoxy) is 2. The molecule has 166 valence electrons. The van der Waals surface area contributed by atoms with Gasteiger partial charge in [-0.15, -0.1) is 0 Å². The lowest BCUT2D eigenvalue weighted by molar-refractivity contribution is -0.140. The summed E-state index contributed by atoms with van der Waals surface area (Å²) in [5, 5.41) is 4.09. The van der Waals surface area contributed by atoms with Gasteiger partial charge in [-0.05, 0) is 44.9 Å². The number of rotatable bonds is 7. The Balaban J connectivity index is 1.56. The molecular weight excluding hydrogens is 400 g/mol. The highest BCUT2D eigenvalue weighted by atomic mass is 16.5. The lowest BCUT2D eigenvalue weighted by atomic mass is 9.81. The highest BCUT2D eigenvalue weighted by molar-refractivity contribution is 5.98. The maximum absolute atomic E-state index is 13.0. The number of amides is 3. The molecule has 0 bridgehead atoms. The van der Waals surface area contributed by atoms with Gasteiger partial charge in [0.05, 0.1) is 19.6 Å². The first-order valence-corrected chi connectivity index (χ1v) is 10.8. The zero-order valence-corrected chi connectivity index (χ0v) is 18.2. The molecule has 9 heteroatoms. The van der Waals surface area contributed by atoms with E-state index in [-0.39, 0.29) is 30.4 Å². The van der Waals surface area contributed by atoms with Crippen LogP contribution in [0.25, 0.3) is 11.4 Å². The summed E-state index contributed by atoms with van der Waals surface area (Å²) in [5.41, 5.74) is 0.723. The Morgan fingerprint density at radius 2 is 1.97 bits per heavy atom. The van der Waals surface area contributed by atoms with Crippen LogP contribution in [0.3, 0.4) is 0 Å². The molecule has 2 heterocycles. The zero-order valence-electron chi connectivity index (χ0n) is 18.2. The fourth-order valence-electron chi connectivity index (χ4n) is 4.50. The van der Waals surface area contributed by atoms with Crippen LogP contribution < -0.4 is 9.47 Å². The average molecular weight is 428 g/mol. The van der Waals surface area contributed by atoms with Crippen molar-refractivity contribution in [2.75, 3.05) is 20.3 Å². The second kappa shape index (κ2) is 8.95. The molecule has 1 aliphatic carbocycles. The van der Waals surface area contributed by atoms with Gasteiger partial charge in [0.25, 0.3) is 0 Å². The summed E-state index contributed by atoms with van der Waals surface area (Å²) >= 11 is 0. The molecule has 3 amide bonds. The van der Waals surface area contributed by atoms with Crippen molar-refractivity contribution >= 4 is 11.9 Å². The topological polar surface area (TPSA) is 98.0 Å². The van der Waals surface area contributed by atoms with Crippen LogP contribution in [0, 0.1) is 5.92 Å². The van der Waals surface area contributed by atoms with Crippen molar-refractivity contribution in [2.45, 2.75) is 52.1 Å². The number of carbonyl (C=O) groups excluding carboxylic acids is 2. The molecule has 9 nitrogen and oxygen atoms in total. The monoisotopic (exact) mass is 428 g/mol. The van der Waals surface area contributed by atoms with Crippen molar-refractivity contribution in [3.63, 3.8) is 0 Å². The molecule has 1 aromatic carbocycles. The number of benzene rings is 1. The fraction of sp³-hybridized carbons (Fsp3) is 0.545. The lowest BCUT2D eigenvalue weighted by Crippen LogP contribution is -2.61. The third-order valence-electron chi connectivity index (χ3n) is 6.00. The van der Waals surface area contributed by atoms with E-state index >= 15 is 0 Å². The number of imide groups is 1. The van der Waals surface area contributed by atoms with E-state index in [1.165, 1.54) is 4.90 Å². The number of aromatic nitrogens is 2. The van der Waals surface area contributed by atoms with E-state index in [9.17, 15) is 9.59 Å². The van der Waals surface area contributed by atoms with E-state index in [2.05, 4.69) is 10.1 Å². The molecule has 2 fully saturated rings. The van der Waals surface area contributed by atoms with Crippen molar-refractivity contribution in [1.82, 2.24) is 19.9 Å². The van der Waals surface area contributed by atoms with Crippen LogP contribution >= 0.6 is 0 Å². The average Bonchev–Trinajstić information content (AvgIpc) is 3.26. The molecule has 2 aliphatic rings. The molecule has 0 spiro atoms. The number of carbonyl (C=O) groups is 2. The number of fused-ring (bicyclic) bond motifs is 1. The van der Waals surface area contributed by atoms with Gasteiger partial charge in [-0.2, -0.15) is 4.98 Å². The van der Waals surface area contributed by atoms with Gasteiger partial charge < -0.3 is 18.9 Å². The van der Waals surface area contributed by atoms with Gasteiger partial charge in [0, 0.05) is 18.2 Å². The van der Waals surface area contributed by atoms with Gasteiger partial charge in [-0.3, -0.25) is 9.69 Å². The Bertz CT molecular complexity index is 959.